The van der Waals surface area contributed by atoms with Crippen molar-refractivity contribution in [2.75, 3.05) is 9.80 Å². The van der Waals surface area contributed by atoms with Crippen molar-refractivity contribution in [2.24, 2.45) is 0 Å². The molecule has 0 aliphatic carbocycles. The maximum absolute atomic E-state index is 2.41. The molecule has 10 rings (SSSR count). The van der Waals surface area contributed by atoms with E-state index in [9.17, 15) is 0 Å². The predicted molar refractivity (Wildman–Crippen MR) is 240 cm³/mol. The van der Waals surface area contributed by atoms with Crippen LogP contribution >= 0.6 is 0 Å². The molecule has 0 saturated heterocycles. The van der Waals surface area contributed by atoms with Gasteiger partial charge in [0.15, 0.2) is 0 Å². The monoisotopic (exact) mass is 716 g/mol. The largest absolute Gasteiger partial charge is 0.310 e. The SMILES string of the molecule is Cc1c(-c2ccccc2)cccc1N(c1ccccc1)c1cc2ccc3cc(N(c4ccccc4)c4cccc(-c5ccccc5)c4C)cc4ccc(c1)c2c34. The average Bonchev–Trinajstić information content (AvgIpc) is 3.25. The molecule has 0 atom stereocenters. The van der Waals surface area contributed by atoms with E-state index in [0.717, 1.165) is 22.7 Å². The molecule has 0 amide bonds. The Kier molecular flexibility index (Phi) is 8.30. The summed E-state index contributed by atoms with van der Waals surface area (Å²) in [5, 5.41) is 7.51. The van der Waals surface area contributed by atoms with Crippen LogP contribution in [0.1, 0.15) is 11.1 Å². The van der Waals surface area contributed by atoms with Gasteiger partial charge in [0.1, 0.15) is 0 Å². The summed E-state index contributed by atoms with van der Waals surface area (Å²) in [7, 11) is 0. The first-order chi connectivity index (χ1) is 27.6. The first-order valence-corrected chi connectivity index (χ1v) is 19.4. The minimum atomic E-state index is 1.13. The van der Waals surface area contributed by atoms with Crippen LogP contribution < -0.4 is 9.80 Å². The molecule has 0 heterocycles. The van der Waals surface area contributed by atoms with E-state index in [1.165, 1.54) is 77.1 Å². The van der Waals surface area contributed by atoms with Crippen LogP contribution in [0.5, 0.6) is 0 Å². The maximum Gasteiger partial charge on any atom is 0.0496 e. The van der Waals surface area contributed by atoms with Gasteiger partial charge in [0.05, 0.1) is 0 Å². The lowest BCUT2D eigenvalue weighted by atomic mass is 9.92. The van der Waals surface area contributed by atoms with Crippen molar-refractivity contribution in [1.82, 2.24) is 0 Å². The van der Waals surface area contributed by atoms with Crippen molar-refractivity contribution in [1.29, 1.82) is 0 Å². The molecule has 0 aliphatic rings. The van der Waals surface area contributed by atoms with Crippen molar-refractivity contribution in [3.63, 3.8) is 0 Å². The Labute approximate surface area is 328 Å². The molecule has 2 nitrogen and oxygen atoms in total. The maximum atomic E-state index is 2.41. The molecule has 0 bridgehead atoms. The zero-order chi connectivity index (χ0) is 37.6. The number of rotatable bonds is 8. The minimum Gasteiger partial charge on any atom is -0.310 e. The van der Waals surface area contributed by atoms with Crippen LogP contribution in [0.2, 0.25) is 0 Å². The van der Waals surface area contributed by atoms with Crippen LogP contribution in [-0.2, 0) is 0 Å². The fraction of sp³-hybridized carbons (Fsp3) is 0.0370. The molecule has 2 heteroatoms. The molecular weight excluding hydrogens is 677 g/mol. The topological polar surface area (TPSA) is 6.48 Å². The Morgan fingerprint density at radius 3 is 0.946 bits per heavy atom. The third kappa shape index (κ3) is 5.75. The highest BCUT2D eigenvalue weighted by atomic mass is 15.1. The molecule has 0 aliphatic heterocycles. The molecule has 10 aromatic carbocycles. The highest BCUT2D eigenvalue weighted by Crippen LogP contribution is 2.46. The summed E-state index contributed by atoms with van der Waals surface area (Å²) in [5.74, 6) is 0. The van der Waals surface area contributed by atoms with Crippen LogP contribution in [0, 0.1) is 13.8 Å². The van der Waals surface area contributed by atoms with E-state index in [2.05, 4.69) is 230 Å². The van der Waals surface area contributed by atoms with Gasteiger partial charge in [-0.1, -0.05) is 146 Å². The molecule has 0 fully saturated rings. The lowest BCUT2D eigenvalue weighted by Crippen LogP contribution is -2.12. The second kappa shape index (κ2) is 13.9. The van der Waals surface area contributed by atoms with Crippen molar-refractivity contribution in [3.05, 3.63) is 217 Å². The van der Waals surface area contributed by atoms with Crippen molar-refractivity contribution >= 4 is 66.4 Å². The van der Waals surface area contributed by atoms with E-state index in [4.69, 9.17) is 0 Å². The van der Waals surface area contributed by atoms with Crippen LogP contribution in [0.25, 0.3) is 54.6 Å². The summed E-state index contributed by atoms with van der Waals surface area (Å²) in [5.41, 5.74) is 14.3. The number of nitrogens with zero attached hydrogens (tertiary/aromatic N) is 2. The summed E-state index contributed by atoms with van der Waals surface area (Å²) in [4.78, 5) is 4.83. The lowest BCUT2D eigenvalue weighted by molar-refractivity contribution is 1.26. The van der Waals surface area contributed by atoms with Crippen LogP contribution in [0.3, 0.4) is 0 Å². The molecule has 0 N–H and O–H groups in total. The number of anilines is 6. The third-order valence-corrected chi connectivity index (χ3v) is 11.3. The fourth-order valence-electron chi connectivity index (χ4n) is 8.66. The molecule has 0 unspecified atom stereocenters. The third-order valence-electron chi connectivity index (χ3n) is 11.3. The minimum absolute atomic E-state index is 1.13. The fourth-order valence-corrected chi connectivity index (χ4v) is 8.66. The molecule has 266 valence electrons. The summed E-state index contributed by atoms with van der Waals surface area (Å²) in [6.45, 7) is 4.49. The van der Waals surface area contributed by atoms with Gasteiger partial charge < -0.3 is 9.80 Å². The summed E-state index contributed by atoms with van der Waals surface area (Å²) in [6, 6.07) is 74.9. The molecule has 10 aromatic rings. The van der Waals surface area contributed by atoms with Gasteiger partial charge in [-0.05, 0) is 140 Å². The quantitative estimate of drug-likeness (QED) is 0.144. The number of para-hydroxylation sites is 2. The summed E-state index contributed by atoms with van der Waals surface area (Å²) >= 11 is 0. The van der Waals surface area contributed by atoms with Crippen molar-refractivity contribution in [3.8, 4) is 22.3 Å². The smallest absolute Gasteiger partial charge is 0.0496 e. The van der Waals surface area contributed by atoms with Crippen molar-refractivity contribution in [2.45, 2.75) is 13.8 Å². The molecule has 0 saturated carbocycles. The van der Waals surface area contributed by atoms with E-state index in [1.54, 1.807) is 0 Å². The Balaban J connectivity index is 1.13. The number of hydrogen-bond acceptors (Lipinski definition) is 2. The van der Waals surface area contributed by atoms with E-state index in [0.29, 0.717) is 0 Å². The Morgan fingerprint density at radius 1 is 0.286 bits per heavy atom. The lowest BCUT2D eigenvalue weighted by Gasteiger charge is -2.29. The van der Waals surface area contributed by atoms with Gasteiger partial charge in [-0.2, -0.15) is 0 Å². The van der Waals surface area contributed by atoms with Gasteiger partial charge in [-0.3, -0.25) is 0 Å². The highest BCUT2D eigenvalue weighted by molar-refractivity contribution is 6.24. The standard InChI is InChI=1S/C54H40N2/c1-37-49(39-17-7-3-8-18-39)25-15-27-51(37)55(45-21-11-5-12-22-45)47-33-41-29-31-43-35-48(36-44-32-30-42(34-47)53(41)54(43)44)56(46-23-13-6-14-24-46)52-28-16-26-50(38(52)2)40-19-9-4-10-20-40/h3-36H,1-2H3. The molecule has 0 spiro atoms. The van der Waals surface area contributed by atoms with Gasteiger partial charge in [0, 0.05) is 34.1 Å². The Bertz CT molecular complexity index is 2700. The highest BCUT2D eigenvalue weighted by Gasteiger charge is 2.22. The second-order valence-electron chi connectivity index (χ2n) is 14.6. The predicted octanol–water partition coefficient (Wildman–Crippen LogP) is 15.5. The Hall–Kier alpha value is -7.16. The molecule has 0 aromatic heterocycles. The first-order valence-electron chi connectivity index (χ1n) is 19.4. The normalized spacial score (nSPS) is 11.4. The number of hydrogen-bond donors (Lipinski definition) is 0. The average molecular weight is 717 g/mol. The van der Waals surface area contributed by atoms with Gasteiger partial charge in [-0.25, -0.2) is 0 Å². The molecule has 0 radical (unpaired) electrons. The van der Waals surface area contributed by atoms with E-state index in [-0.39, 0.29) is 0 Å². The first kappa shape index (κ1) is 33.4. The van der Waals surface area contributed by atoms with Gasteiger partial charge in [0.2, 0.25) is 0 Å². The van der Waals surface area contributed by atoms with Crippen LogP contribution in [0.15, 0.2) is 206 Å². The van der Waals surface area contributed by atoms with Gasteiger partial charge in [0.25, 0.3) is 0 Å². The number of benzene rings is 10. The van der Waals surface area contributed by atoms with Crippen molar-refractivity contribution < 1.29 is 0 Å². The van der Waals surface area contributed by atoms with E-state index < -0.39 is 0 Å². The zero-order valence-electron chi connectivity index (χ0n) is 31.5. The molecule has 56 heavy (non-hydrogen) atoms. The van der Waals surface area contributed by atoms with Gasteiger partial charge in [-0.15, -0.1) is 0 Å². The Morgan fingerprint density at radius 2 is 0.607 bits per heavy atom. The zero-order valence-corrected chi connectivity index (χ0v) is 31.5. The van der Waals surface area contributed by atoms with E-state index >= 15 is 0 Å². The van der Waals surface area contributed by atoms with E-state index in [1.807, 2.05) is 0 Å². The van der Waals surface area contributed by atoms with Crippen LogP contribution in [0.4, 0.5) is 34.1 Å². The van der Waals surface area contributed by atoms with Crippen LogP contribution in [-0.4, -0.2) is 0 Å². The molecular formula is C54H40N2. The second-order valence-corrected chi connectivity index (χ2v) is 14.6. The summed E-state index contributed by atoms with van der Waals surface area (Å²) < 4.78 is 0. The summed E-state index contributed by atoms with van der Waals surface area (Å²) in [6.07, 6.45) is 0. The van der Waals surface area contributed by atoms with Gasteiger partial charge >= 0.3 is 0 Å².